The maximum Gasteiger partial charge on any atom is 0.220 e. The predicted molar refractivity (Wildman–Crippen MR) is 98.6 cm³/mol. The van der Waals surface area contributed by atoms with Gasteiger partial charge in [0.15, 0.2) is 0 Å². The number of nitrogens with two attached hydrogens (primary N) is 1. The largest absolute Gasteiger partial charge is 0.368 e. The number of halogens is 1. The van der Waals surface area contributed by atoms with Crippen molar-refractivity contribution in [2.45, 2.75) is 18.9 Å². The quantitative estimate of drug-likeness (QED) is 0.684. The van der Waals surface area contributed by atoms with E-state index >= 15 is 0 Å². The van der Waals surface area contributed by atoms with Gasteiger partial charge in [-0.1, -0.05) is 0 Å². The Hall–Kier alpha value is -1.99. The molecule has 3 aromatic heterocycles. The van der Waals surface area contributed by atoms with Gasteiger partial charge >= 0.3 is 0 Å². The third-order valence-electron chi connectivity index (χ3n) is 4.72. The van der Waals surface area contributed by atoms with Crippen molar-refractivity contribution in [3.05, 3.63) is 35.3 Å². The first-order chi connectivity index (χ1) is 11.6. The van der Waals surface area contributed by atoms with Crippen LogP contribution in [0, 0.1) is 0 Å². The van der Waals surface area contributed by atoms with Crippen LogP contribution in [0.25, 0.3) is 22.2 Å². The smallest absolute Gasteiger partial charge is 0.220 e. The zero-order valence-corrected chi connectivity index (χ0v) is 15.1. The minimum Gasteiger partial charge on any atom is -0.368 e. The summed E-state index contributed by atoms with van der Waals surface area (Å²) in [6, 6.07) is 4.44. The third-order valence-corrected chi connectivity index (χ3v) is 5.15. The summed E-state index contributed by atoms with van der Waals surface area (Å²) in [5.41, 5.74) is 8.83. The first-order valence-electron chi connectivity index (χ1n) is 8.05. The number of anilines is 1. The Balaban J connectivity index is 1.86. The van der Waals surface area contributed by atoms with E-state index in [0.29, 0.717) is 12.0 Å². The van der Waals surface area contributed by atoms with Crippen LogP contribution in [0.15, 0.2) is 35.3 Å². The highest BCUT2D eigenvalue weighted by atomic mass is 79.9. The maximum absolute atomic E-state index is 5.78. The van der Waals surface area contributed by atoms with Crippen LogP contribution in [-0.4, -0.2) is 44.6 Å². The van der Waals surface area contributed by atoms with Gasteiger partial charge in [0.25, 0.3) is 0 Å². The normalized spacial score (nSPS) is 16.8. The van der Waals surface area contributed by atoms with Crippen molar-refractivity contribution in [1.29, 1.82) is 0 Å². The van der Waals surface area contributed by atoms with Crippen LogP contribution in [0.3, 0.4) is 0 Å². The molecule has 4 rings (SSSR count). The fourth-order valence-electron chi connectivity index (χ4n) is 3.43. The van der Waals surface area contributed by atoms with Crippen LogP contribution in [0.2, 0.25) is 0 Å². The van der Waals surface area contributed by atoms with Gasteiger partial charge in [0.1, 0.15) is 4.60 Å². The lowest BCUT2D eigenvalue weighted by Gasteiger charge is -2.30. The SMILES string of the molecule is CN1CCC(n2cc(-c3ccnc(N)n3)c3cc(Br)ncc32)CC1. The summed E-state index contributed by atoms with van der Waals surface area (Å²) >= 11 is 3.48. The van der Waals surface area contributed by atoms with Gasteiger partial charge in [-0.15, -0.1) is 0 Å². The summed E-state index contributed by atoms with van der Waals surface area (Å²) in [5, 5.41) is 1.13. The second-order valence-corrected chi connectivity index (χ2v) is 7.12. The molecule has 1 aliphatic heterocycles. The molecule has 6 nitrogen and oxygen atoms in total. The summed E-state index contributed by atoms with van der Waals surface area (Å²) in [6.45, 7) is 2.23. The molecule has 0 unspecified atom stereocenters. The van der Waals surface area contributed by atoms with E-state index in [1.165, 1.54) is 0 Å². The van der Waals surface area contributed by atoms with Gasteiger partial charge in [0, 0.05) is 29.4 Å². The summed E-state index contributed by atoms with van der Waals surface area (Å²) < 4.78 is 3.18. The molecule has 0 atom stereocenters. The van der Waals surface area contributed by atoms with Crippen LogP contribution in [0.1, 0.15) is 18.9 Å². The van der Waals surface area contributed by atoms with Gasteiger partial charge in [0.2, 0.25) is 5.95 Å². The van der Waals surface area contributed by atoms with Crippen molar-refractivity contribution in [3.63, 3.8) is 0 Å². The molecule has 0 aromatic carbocycles. The molecule has 1 fully saturated rings. The molecule has 0 spiro atoms. The second-order valence-electron chi connectivity index (χ2n) is 6.31. The summed E-state index contributed by atoms with van der Waals surface area (Å²) in [7, 11) is 2.18. The van der Waals surface area contributed by atoms with Crippen LogP contribution in [0.5, 0.6) is 0 Å². The van der Waals surface area contributed by atoms with E-state index < -0.39 is 0 Å². The molecule has 0 radical (unpaired) electrons. The van der Waals surface area contributed by atoms with Gasteiger partial charge in [-0.25, -0.2) is 15.0 Å². The Morgan fingerprint density at radius 2 is 2.04 bits per heavy atom. The molecule has 0 bridgehead atoms. The summed E-state index contributed by atoms with van der Waals surface area (Å²) in [4.78, 5) is 15.2. The predicted octanol–water partition coefficient (Wildman–Crippen LogP) is 3.10. The molecule has 0 amide bonds. The second kappa shape index (κ2) is 6.14. The summed E-state index contributed by atoms with van der Waals surface area (Å²) in [6.07, 6.45) is 8.11. The monoisotopic (exact) mass is 386 g/mol. The molecule has 1 aliphatic rings. The van der Waals surface area contributed by atoms with E-state index in [4.69, 9.17) is 5.73 Å². The number of hydrogen-bond acceptors (Lipinski definition) is 5. The van der Waals surface area contributed by atoms with Crippen molar-refractivity contribution in [2.24, 2.45) is 0 Å². The topological polar surface area (TPSA) is 72.9 Å². The fourth-order valence-corrected chi connectivity index (χ4v) is 3.76. The number of pyridine rings is 1. The Labute approximate surface area is 148 Å². The van der Waals surface area contributed by atoms with Gasteiger partial charge in [-0.3, -0.25) is 0 Å². The average molecular weight is 387 g/mol. The molecule has 0 aliphatic carbocycles. The third kappa shape index (κ3) is 2.78. The van der Waals surface area contributed by atoms with E-state index in [0.717, 1.165) is 52.7 Å². The summed E-state index contributed by atoms with van der Waals surface area (Å²) in [5.74, 6) is 0.292. The van der Waals surface area contributed by atoms with Crippen molar-refractivity contribution < 1.29 is 0 Å². The van der Waals surface area contributed by atoms with Crippen LogP contribution in [-0.2, 0) is 0 Å². The lowest BCUT2D eigenvalue weighted by Crippen LogP contribution is -2.31. The molecule has 0 saturated carbocycles. The van der Waals surface area contributed by atoms with E-state index in [-0.39, 0.29) is 0 Å². The Bertz CT molecular complexity index is 882. The lowest BCUT2D eigenvalue weighted by molar-refractivity contribution is 0.224. The molecule has 2 N–H and O–H groups in total. The van der Waals surface area contributed by atoms with Crippen LogP contribution >= 0.6 is 15.9 Å². The number of rotatable bonds is 2. The van der Waals surface area contributed by atoms with Crippen molar-refractivity contribution >= 4 is 32.8 Å². The average Bonchev–Trinajstić information content (AvgIpc) is 2.94. The van der Waals surface area contributed by atoms with E-state index in [1.54, 1.807) is 6.20 Å². The Kier molecular flexibility index (Phi) is 3.97. The van der Waals surface area contributed by atoms with Gasteiger partial charge < -0.3 is 15.2 Å². The Morgan fingerprint density at radius 1 is 1.25 bits per heavy atom. The minimum atomic E-state index is 0.292. The number of piperidine rings is 1. The molecule has 24 heavy (non-hydrogen) atoms. The zero-order chi connectivity index (χ0) is 16.7. The molecule has 7 heteroatoms. The first kappa shape index (κ1) is 15.5. The highest BCUT2D eigenvalue weighted by Crippen LogP contribution is 2.35. The van der Waals surface area contributed by atoms with Crippen molar-refractivity contribution in [2.75, 3.05) is 25.9 Å². The number of nitrogens with zero attached hydrogens (tertiary/aromatic N) is 5. The number of likely N-dealkylation sites (tertiary alicyclic amines) is 1. The number of fused-ring (bicyclic) bond motifs is 1. The van der Waals surface area contributed by atoms with Gasteiger partial charge in [-0.2, -0.15) is 0 Å². The highest BCUT2D eigenvalue weighted by molar-refractivity contribution is 9.10. The zero-order valence-electron chi connectivity index (χ0n) is 13.5. The van der Waals surface area contributed by atoms with E-state index in [2.05, 4.69) is 59.7 Å². The molecular weight excluding hydrogens is 368 g/mol. The first-order valence-corrected chi connectivity index (χ1v) is 8.84. The van der Waals surface area contributed by atoms with Gasteiger partial charge in [-0.05, 0) is 61.0 Å². The van der Waals surface area contributed by atoms with E-state index in [1.807, 2.05) is 12.3 Å². The molecule has 1 saturated heterocycles. The van der Waals surface area contributed by atoms with Gasteiger partial charge in [0.05, 0.1) is 17.4 Å². The molecule has 124 valence electrons. The number of aromatic nitrogens is 4. The molecule has 4 heterocycles. The van der Waals surface area contributed by atoms with E-state index in [9.17, 15) is 0 Å². The van der Waals surface area contributed by atoms with Crippen molar-refractivity contribution in [3.8, 4) is 11.3 Å². The highest BCUT2D eigenvalue weighted by Gasteiger charge is 2.22. The van der Waals surface area contributed by atoms with Crippen LogP contribution in [0.4, 0.5) is 5.95 Å². The molecular formula is C17H19BrN6. The fraction of sp³-hybridized carbons (Fsp3) is 0.353. The Morgan fingerprint density at radius 3 is 2.79 bits per heavy atom. The minimum absolute atomic E-state index is 0.292. The molecule has 3 aromatic rings. The number of hydrogen-bond donors (Lipinski definition) is 1. The van der Waals surface area contributed by atoms with Crippen LogP contribution < -0.4 is 5.73 Å². The number of nitrogen functional groups attached to an aromatic ring is 1. The standard InChI is InChI=1S/C17H19BrN6/c1-23-6-3-11(4-7-23)24-10-13(14-2-5-20-17(19)22-14)12-8-16(18)21-9-15(12)24/h2,5,8-11H,3-4,6-7H2,1H3,(H2,19,20,22). The lowest BCUT2D eigenvalue weighted by atomic mass is 10.1. The van der Waals surface area contributed by atoms with Crippen molar-refractivity contribution in [1.82, 2.24) is 24.4 Å². The maximum atomic E-state index is 5.78.